The average Bonchev–Trinajstić information content (AvgIpc) is 2.33. The van der Waals surface area contributed by atoms with Crippen LogP contribution in [0.4, 0.5) is 0 Å². The third kappa shape index (κ3) is 2.18. The monoisotopic (exact) mass is 298 g/mol. The van der Waals surface area contributed by atoms with Gasteiger partial charge in [0.1, 0.15) is 0 Å². The number of rotatable bonds is 2. The van der Waals surface area contributed by atoms with E-state index < -0.39 is 0 Å². The summed E-state index contributed by atoms with van der Waals surface area (Å²) in [5.74, 6) is 0.360. The van der Waals surface area contributed by atoms with Crippen molar-refractivity contribution in [1.82, 2.24) is 9.55 Å². The Morgan fingerprint density at radius 2 is 2.31 bits per heavy atom. The molecule has 0 saturated heterocycles. The number of aromatic nitrogens is 2. The van der Waals surface area contributed by atoms with Crippen LogP contribution in [0.1, 0.15) is 5.56 Å². The van der Waals surface area contributed by atoms with Gasteiger partial charge in [-0.15, -0.1) is 11.6 Å². The number of hydrogen-bond acceptors (Lipinski definition) is 2. The normalized spacial score (nSPS) is 10.4. The topological polar surface area (TPSA) is 34.9 Å². The van der Waals surface area contributed by atoms with Gasteiger partial charge >= 0.3 is 0 Å². The molecule has 82 valence electrons. The van der Waals surface area contributed by atoms with Crippen molar-refractivity contribution in [1.29, 1.82) is 0 Å². The Bertz CT molecular complexity index is 554. The molecule has 0 spiro atoms. The molecule has 0 aromatic carbocycles. The van der Waals surface area contributed by atoms with Crippen molar-refractivity contribution in [2.24, 2.45) is 0 Å². The van der Waals surface area contributed by atoms with Gasteiger partial charge in [0.05, 0.1) is 16.4 Å². The highest BCUT2D eigenvalue weighted by Crippen LogP contribution is 2.12. The highest BCUT2D eigenvalue weighted by atomic mass is 79.9. The maximum atomic E-state index is 11.9. The lowest BCUT2D eigenvalue weighted by Gasteiger charge is -2.07. The van der Waals surface area contributed by atoms with Crippen molar-refractivity contribution >= 4 is 27.5 Å². The smallest absolute Gasteiger partial charge is 0.269 e. The second-order valence-electron chi connectivity index (χ2n) is 3.22. The summed E-state index contributed by atoms with van der Waals surface area (Å²) in [5, 5.41) is 0. The van der Waals surface area contributed by atoms with Crippen LogP contribution in [0.25, 0.3) is 5.69 Å². The summed E-state index contributed by atoms with van der Waals surface area (Å²) < 4.78 is 2.02. The first-order valence-corrected chi connectivity index (χ1v) is 5.92. The minimum Gasteiger partial charge on any atom is -0.281 e. The molecule has 0 radical (unpaired) electrons. The summed E-state index contributed by atoms with van der Waals surface area (Å²) >= 11 is 8.98. The largest absolute Gasteiger partial charge is 0.281 e. The van der Waals surface area contributed by atoms with Gasteiger partial charge in [0.15, 0.2) is 0 Å². The van der Waals surface area contributed by atoms with Gasteiger partial charge in [-0.2, -0.15) is 0 Å². The average molecular weight is 300 g/mol. The van der Waals surface area contributed by atoms with Crippen molar-refractivity contribution < 1.29 is 0 Å². The molecular weight excluding hydrogens is 291 g/mol. The zero-order valence-corrected chi connectivity index (χ0v) is 10.6. The van der Waals surface area contributed by atoms with Gasteiger partial charge in [-0.1, -0.05) is 0 Å². The lowest BCUT2D eigenvalue weighted by molar-refractivity contribution is 0.953. The Morgan fingerprint density at radius 3 is 2.94 bits per heavy atom. The fraction of sp³-hybridized carbons (Fsp3) is 0.0909. The van der Waals surface area contributed by atoms with Crippen molar-refractivity contribution in [3.8, 4) is 5.69 Å². The molecule has 0 atom stereocenters. The van der Waals surface area contributed by atoms with Crippen LogP contribution in [0.2, 0.25) is 0 Å². The van der Waals surface area contributed by atoms with E-state index in [-0.39, 0.29) is 5.56 Å². The Morgan fingerprint density at radius 1 is 1.50 bits per heavy atom. The standard InChI is InChI=1S/C11H8BrClN2O/c12-10-4-8(5-13)7-15(11(10)16)9-2-1-3-14-6-9/h1-4,6-7H,5H2. The molecule has 0 aliphatic carbocycles. The van der Waals surface area contributed by atoms with Gasteiger partial charge in [-0.05, 0) is 39.7 Å². The van der Waals surface area contributed by atoms with Crippen molar-refractivity contribution in [2.75, 3.05) is 0 Å². The van der Waals surface area contributed by atoms with Gasteiger partial charge in [-0.25, -0.2) is 0 Å². The molecule has 16 heavy (non-hydrogen) atoms. The summed E-state index contributed by atoms with van der Waals surface area (Å²) in [6, 6.07) is 5.32. The van der Waals surface area contributed by atoms with Gasteiger partial charge in [-0.3, -0.25) is 14.3 Å². The lowest BCUT2D eigenvalue weighted by atomic mass is 10.3. The fourth-order valence-corrected chi connectivity index (χ4v) is 1.99. The summed E-state index contributed by atoms with van der Waals surface area (Å²) in [6.07, 6.45) is 5.01. The predicted octanol–water partition coefficient (Wildman–Crippen LogP) is 2.73. The zero-order chi connectivity index (χ0) is 11.5. The van der Waals surface area contributed by atoms with E-state index in [1.807, 2.05) is 6.07 Å². The first-order valence-electron chi connectivity index (χ1n) is 4.60. The van der Waals surface area contributed by atoms with Crippen LogP contribution in [0.15, 0.2) is 46.1 Å². The molecule has 0 N–H and O–H groups in total. The molecule has 2 aromatic rings. The van der Waals surface area contributed by atoms with E-state index >= 15 is 0 Å². The van der Waals surface area contributed by atoms with Gasteiger partial charge in [0.25, 0.3) is 5.56 Å². The molecule has 0 saturated carbocycles. The molecule has 2 aromatic heterocycles. The van der Waals surface area contributed by atoms with E-state index in [4.69, 9.17) is 11.6 Å². The van der Waals surface area contributed by atoms with Gasteiger partial charge in [0.2, 0.25) is 0 Å². The number of alkyl halides is 1. The van der Waals surface area contributed by atoms with Gasteiger partial charge in [0, 0.05) is 18.3 Å². The summed E-state index contributed by atoms with van der Waals surface area (Å²) in [6.45, 7) is 0. The highest BCUT2D eigenvalue weighted by molar-refractivity contribution is 9.10. The van der Waals surface area contributed by atoms with Crippen molar-refractivity contribution in [2.45, 2.75) is 5.88 Å². The molecular formula is C11H8BrClN2O. The maximum absolute atomic E-state index is 11.9. The Kier molecular flexibility index (Phi) is 3.41. The van der Waals surface area contributed by atoms with Crippen LogP contribution in [0.3, 0.4) is 0 Å². The predicted molar refractivity (Wildman–Crippen MR) is 67.1 cm³/mol. The van der Waals surface area contributed by atoms with Crippen LogP contribution in [0, 0.1) is 0 Å². The highest BCUT2D eigenvalue weighted by Gasteiger charge is 2.05. The Balaban J connectivity index is 2.65. The SMILES string of the molecule is O=c1c(Br)cc(CCl)cn1-c1cccnc1. The molecule has 0 amide bonds. The molecule has 0 unspecified atom stereocenters. The van der Waals surface area contributed by atoms with Crippen LogP contribution in [0.5, 0.6) is 0 Å². The fourth-order valence-electron chi connectivity index (χ4n) is 1.36. The van der Waals surface area contributed by atoms with Crippen LogP contribution >= 0.6 is 27.5 Å². The third-order valence-electron chi connectivity index (χ3n) is 2.11. The van der Waals surface area contributed by atoms with Crippen molar-refractivity contribution in [3.63, 3.8) is 0 Å². The number of nitrogens with zero attached hydrogens (tertiary/aromatic N) is 2. The van der Waals surface area contributed by atoms with E-state index in [9.17, 15) is 4.79 Å². The van der Waals surface area contributed by atoms with Crippen molar-refractivity contribution in [3.05, 3.63) is 57.2 Å². The number of hydrogen-bond donors (Lipinski definition) is 0. The molecule has 0 aliphatic rings. The molecule has 2 heterocycles. The van der Waals surface area contributed by atoms with E-state index in [1.165, 1.54) is 4.57 Å². The van der Waals surface area contributed by atoms with Crippen LogP contribution in [-0.4, -0.2) is 9.55 Å². The Hall–Kier alpha value is -1.13. The Labute approximate surface area is 106 Å². The van der Waals surface area contributed by atoms with Crippen LogP contribution < -0.4 is 5.56 Å². The van der Waals surface area contributed by atoms with E-state index in [1.54, 1.807) is 30.7 Å². The lowest BCUT2D eigenvalue weighted by Crippen LogP contribution is -2.19. The van der Waals surface area contributed by atoms with Crippen LogP contribution in [-0.2, 0) is 5.88 Å². The van der Waals surface area contributed by atoms with E-state index in [0.29, 0.717) is 10.4 Å². The maximum Gasteiger partial charge on any atom is 0.269 e. The molecule has 0 fully saturated rings. The zero-order valence-electron chi connectivity index (χ0n) is 8.23. The minimum absolute atomic E-state index is 0.123. The molecule has 0 aliphatic heterocycles. The van der Waals surface area contributed by atoms with Gasteiger partial charge < -0.3 is 0 Å². The second kappa shape index (κ2) is 4.80. The summed E-state index contributed by atoms with van der Waals surface area (Å²) in [4.78, 5) is 15.9. The van der Waals surface area contributed by atoms with E-state index in [0.717, 1.165) is 11.3 Å². The number of pyridine rings is 2. The first-order chi connectivity index (χ1) is 7.72. The molecule has 2 rings (SSSR count). The molecule has 5 heteroatoms. The first kappa shape index (κ1) is 11.4. The molecule has 3 nitrogen and oxygen atoms in total. The molecule has 0 bridgehead atoms. The van der Waals surface area contributed by atoms with E-state index in [2.05, 4.69) is 20.9 Å². The number of halogens is 2. The summed E-state index contributed by atoms with van der Waals surface area (Å²) in [5.41, 5.74) is 1.47. The second-order valence-corrected chi connectivity index (χ2v) is 4.34. The third-order valence-corrected chi connectivity index (χ3v) is 2.99. The minimum atomic E-state index is -0.123. The summed E-state index contributed by atoms with van der Waals surface area (Å²) in [7, 11) is 0. The quantitative estimate of drug-likeness (QED) is 0.799.